The van der Waals surface area contributed by atoms with Gasteiger partial charge in [-0.2, -0.15) is 4.68 Å². The number of benzene rings is 2. The molecular formula is C18H18N6O2S. The molecule has 8 nitrogen and oxygen atoms in total. The summed E-state index contributed by atoms with van der Waals surface area (Å²) in [6.07, 6.45) is 0. The number of rotatable bonds is 5. The third kappa shape index (κ3) is 4.91. The molecule has 1 heterocycles. The number of nitrogens with one attached hydrogen (secondary N) is 2. The molecule has 0 unspecified atom stereocenters. The van der Waals surface area contributed by atoms with Gasteiger partial charge in [-0.3, -0.25) is 10.1 Å². The molecule has 0 saturated carbocycles. The zero-order valence-electron chi connectivity index (χ0n) is 14.8. The lowest BCUT2D eigenvalue weighted by molar-refractivity contribution is -0.117. The lowest BCUT2D eigenvalue weighted by atomic mass is 10.1. The quantitative estimate of drug-likeness (QED) is 0.658. The van der Waals surface area contributed by atoms with Gasteiger partial charge in [-0.15, -0.1) is 5.10 Å². The second-order valence-corrected chi connectivity index (χ2v) is 6.76. The Labute approximate surface area is 160 Å². The van der Waals surface area contributed by atoms with Crippen LogP contribution in [0.15, 0.2) is 53.7 Å². The highest BCUT2D eigenvalue weighted by atomic mass is 32.2. The highest BCUT2D eigenvalue weighted by molar-refractivity contribution is 7.99. The van der Waals surface area contributed by atoms with Crippen LogP contribution in [-0.2, 0) is 4.79 Å². The monoisotopic (exact) mass is 382 g/mol. The number of urea groups is 1. The summed E-state index contributed by atoms with van der Waals surface area (Å²) in [5, 5.41) is 16.9. The molecule has 27 heavy (non-hydrogen) atoms. The second kappa shape index (κ2) is 8.45. The predicted molar refractivity (Wildman–Crippen MR) is 103 cm³/mol. The number of carbonyl (C=O) groups is 2. The first-order valence-electron chi connectivity index (χ1n) is 8.17. The molecular weight excluding hydrogens is 364 g/mol. The van der Waals surface area contributed by atoms with E-state index < -0.39 is 11.9 Å². The molecule has 0 saturated heterocycles. The molecule has 0 bridgehead atoms. The minimum Gasteiger partial charge on any atom is -0.307 e. The van der Waals surface area contributed by atoms with E-state index in [0.29, 0.717) is 10.8 Å². The number of thioether (sulfide) groups is 1. The van der Waals surface area contributed by atoms with Crippen LogP contribution in [-0.4, -0.2) is 37.9 Å². The summed E-state index contributed by atoms with van der Waals surface area (Å²) in [6.45, 7) is 3.87. The summed E-state index contributed by atoms with van der Waals surface area (Å²) in [6, 6.07) is 14.4. The van der Waals surface area contributed by atoms with Gasteiger partial charge in [0.1, 0.15) is 0 Å². The average Bonchev–Trinajstić information content (AvgIpc) is 3.12. The Kier molecular flexibility index (Phi) is 5.82. The highest BCUT2D eigenvalue weighted by Gasteiger charge is 2.13. The number of imide groups is 1. The minimum absolute atomic E-state index is 0.00745. The molecule has 0 aliphatic heterocycles. The van der Waals surface area contributed by atoms with Gasteiger partial charge in [0, 0.05) is 5.69 Å². The second-order valence-electron chi connectivity index (χ2n) is 5.82. The van der Waals surface area contributed by atoms with Crippen LogP contribution in [0.1, 0.15) is 11.1 Å². The topological polar surface area (TPSA) is 102 Å². The smallest absolute Gasteiger partial charge is 0.307 e. The summed E-state index contributed by atoms with van der Waals surface area (Å²) in [5.41, 5.74) is 3.47. The lowest BCUT2D eigenvalue weighted by Gasteiger charge is -2.09. The maximum Gasteiger partial charge on any atom is 0.325 e. The Morgan fingerprint density at radius 2 is 1.89 bits per heavy atom. The van der Waals surface area contributed by atoms with Gasteiger partial charge >= 0.3 is 6.03 Å². The van der Waals surface area contributed by atoms with Gasteiger partial charge in [0.25, 0.3) is 0 Å². The molecule has 3 amide bonds. The summed E-state index contributed by atoms with van der Waals surface area (Å²) in [7, 11) is 0. The molecule has 2 N–H and O–H groups in total. The van der Waals surface area contributed by atoms with Crippen molar-refractivity contribution in [2.24, 2.45) is 0 Å². The minimum atomic E-state index is -0.574. The molecule has 0 aliphatic carbocycles. The Morgan fingerprint density at radius 1 is 1.11 bits per heavy atom. The molecule has 0 aliphatic rings. The fraction of sp³-hybridized carbons (Fsp3) is 0.167. The first-order valence-corrected chi connectivity index (χ1v) is 9.16. The van der Waals surface area contributed by atoms with Crippen LogP contribution in [0.4, 0.5) is 10.5 Å². The number of amides is 3. The predicted octanol–water partition coefficient (Wildman–Crippen LogP) is 2.72. The summed E-state index contributed by atoms with van der Waals surface area (Å²) in [5.74, 6) is -0.432. The van der Waals surface area contributed by atoms with E-state index in [9.17, 15) is 9.59 Å². The molecule has 1 aromatic heterocycles. The van der Waals surface area contributed by atoms with Crippen molar-refractivity contribution in [3.63, 3.8) is 0 Å². The van der Waals surface area contributed by atoms with Crippen LogP contribution >= 0.6 is 11.8 Å². The van der Waals surface area contributed by atoms with E-state index in [1.165, 1.54) is 4.68 Å². The zero-order valence-corrected chi connectivity index (χ0v) is 15.7. The van der Waals surface area contributed by atoms with Crippen molar-refractivity contribution >= 4 is 29.4 Å². The molecule has 0 radical (unpaired) electrons. The number of carbonyl (C=O) groups excluding carboxylic acids is 2. The zero-order chi connectivity index (χ0) is 19.2. The SMILES string of the molecule is Cc1ccc(NC(=O)NC(=O)CSc2nnnn2-c2ccccc2)c(C)c1. The van der Waals surface area contributed by atoms with Crippen LogP contribution < -0.4 is 10.6 Å². The van der Waals surface area contributed by atoms with Crippen molar-refractivity contribution < 1.29 is 9.59 Å². The van der Waals surface area contributed by atoms with E-state index in [2.05, 4.69) is 26.2 Å². The summed E-state index contributed by atoms with van der Waals surface area (Å²) < 4.78 is 1.54. The molecule has 9 heteroatoms. The maximum absolute atomic E-state index is 12.1. The maximum atomic E-state index is 12.1. The van der Waals surface area contributed by atoms with Gasteiger partial charge in [-0.25, -0.2) is 4.79 Å². The molecule has 3 aromatic rings. The number of nitrogens with zero attached hydrogens (tertiary/aromatic N) is 4. The van der Waals surface area contributed by atoms with Gasteiger partial charge in [0.15, 0.2) is 0 Å². The Balaban J connectivity index is 1.54. The number of anilines is 1. The van der Waals surface area contributed by atoms with Crippen LogP contribution in [0.5, 0.6) is 0 Å². The van der Waals surface area contributed by atoms with E-state index in [0.717, 1.165) is 28.6 Å². The van der Waals surface area contributed by atoms with Crippen molar-refractivity contribution in [2.45, 2.75) is 19.0 Å². The van der Waals surface area contributed by atoms with E-state index in [1.807, 2.05) is 56.3 Å². The van der Waals surface area contributed by atoms with Crippen LogP contribution in [0.2, 0.25) is 0 Å². The first-order chi connectivity index (χ1) is 13.0. The Hall–Kier alpha value is -3.20. The van der Waals surface area contributed by atoms with Crippen LogP contribution in [0.3, 0.4) is 0 Å². The first kappa shape index (κ1) is 18.6. The standard InChI is InChI=1S/C18H18N6O2S/c1-12-8-9-15(13(2)10-12)19-17(26)20-16(25)11-27-18-21-22-23-24(18)14-6-4-3-5-7-14/h3-10H,11H2,1-2H3,(H2,19,20,25,26). The molecule has 138 valence electrons. The van der Waals surface area contributed by atoms with Crippen molar-refractivity contribution in [2.75, 3.05) is 11.1 Å². The fourth-order valence-corrected chi connectivity index (χ4v) is 3.09. The van der Waals surface area contributed by atoms with E-state index in [-0.39, 0.29) is 5.75 Å². The van der Waals surface area contributed by atoms with Gasteiger partial charge in [0.2, 0.25) is 11.1 Å². The van der Waals surface area contributed by atoms with E-state index in [4.69, 9.17) is 0 Å². The number of hydrogen-bond donors (Lipinski definition) is 2. The number of aromatic nitrogens is 4. The largest absolute Gasteiger partial charge is 0.325 e. The number of para-hydroxylation sites is 1. The number of aryl methyl sites for hydroxylation is 2. The average molecular weight is 382 g/mol. The number of hydrogen-bond acceptors (Lipinski definition) is 6. The Bertz CT molecular complexity index is 957. The molecule has 0 fully saturated rings. The van der Waals surface area contributed by atoms with Gasteiger partial charge in [-0.1, -0.05) is 47.7 Å². The summed E-state index contributed by atoms with van der Waals surface area (Å²) >= 11 is 1.14. The van der Waals surface area contributed by atoms with E-state index in [1.54, 1.807) is 6.07 Å². The van der Waals surface area contributed by atoms with Crippen LogP contribution in [0, 0.1) is 13.8 Å². The normalized spacial score (nSPS) is 10.4. The van der Waals surface area contributed by atoms with Crippen molar-refractivity contribution in [3.8, 4) is 5.69 Å². The van der Waals surface area contributed by atoms with Gasteiger partial charge < -0.3 is 5.32 Å². The van der Waals surface area contributed by atoms with Crippen molar-refractivity contribution in [3.05, 3.63) is 59.7 Å². The van der Waals surface area contributed by atoms with Crippen molar-refractivity contribution in [1.82, 2.24) is 25.5 Å². The fourth-order valence-electron chi connectivity index (χ4n) is 2.40. The van der Waals surface area contributed by atoms with Crippen molar-refractivity contribution in [1.29, 1.82) is 0 Å². The number of tetrazole rings is 1. The molecule has 2 aromatic carbocycles. The molecule has 0 atom stereocenters. The Morgan fingerprint density at radius 3 is 2.63 bits per heavy atom. The van der Waals surface area contributed by atoms with Gasteiger partial charge in [0.05, 0.1) is 11.4 Å². The lowest BCUT2D eigenvalue weighted by Crippen LogP contribution is -2.35. The van der Waals surface area contributed by atoms with Gasteiger partial charge in [-0.05, 0) is 48.0 Å². The van der Waals surface area contributed by atoms with Crippen LogP contribution in [0.25, 0.3) is 5.69 Å². The molecule has 0 spiro atoms. The third-order valence-electron chi connectivity index (χ3n) is 3.66. The summed E-state index contributed by atoms with van der Waals surface area (Å²) in [4.78, 5) is 24.1. The third-order valence-corrected chi connectivity index (χ3v) is 4.58. The van der Waals surface area contributed by atoms with E-state index >= 15 is 0 Å². The highest BCUT2D eigenvalue weighted by Crippen LogP contribution is 2.18. The molecule has 3 rings (SSSR count).